The van der Waals surface area contributed by atoms with Crippen LogP contribution in [0.1, 0.15) is 5.56 Å². The van der Waals surface area contributed by atoms with Crippen molar-refractivity contribution in [2.45, 2.75) is 6.42 Å². The second-order valence-corrected chi connectivity index (χ2v) is 5.76. The fourth-order valence-electron chi connectivity index (χ4n) is 1.98. The second-order valence-electron chi connectivity index (χ2n) is 4.47. The number of likely N-dealkylation sites (N-methyl/N-ethyl adjacent to an activating group) is 1. The number of nitrogens with two attached hydrogens (primary N) is 1. The van der Waals surface area contributed by atoms with Gasteiger partial charge in [0.05, 0.1) is 11.4 Å². The zero-order chi connectivity index (χ0) is 13.8. The summed E-state index contributed by atoms with van der Waals surface area (Å²) in [6.45, 7) is 0.897. The fraction of sp³-hybridized carbons (Fsp3) is 0.200. The molecule has 0 atom stereocenters. The van der Waals surface area contributed by atoms with Gasteiger partial charge in [0.25, 0.3) is 0 Å². The molecule has 2 rings (SSSR count). The minimum atomic E-state index is 0.667. The van der Waals surface area contributed by atoms with Crippen LogP contribution in [0.5, 0.6) is 0 Å². The minimum Gasteiger partial charge on any atom is -0.397 e. The first kappa shape index (κ1) is 14.2. The van der Waals surface area contributed by atoms with Crippen LogP contribution in [0.15, 0.2) is 46.9 Å². The Morgan fingerprint density at radius 3 is 2.63 bits per heavy atom. The Balaban J connectivity index is 2.05. The van der Waals surface area contributed by atoms with Gasteiger partial charge in [-0.05, 0) is 36.2 Å². The molecule has 0 unspecified atom stereocenters. The summed E-state index contributed by atoms with van der Waals surface area (Å²) < 4.78 is 1.15. The highest BCUT2D eigenvalue weighted by Crippen LogP contribution is 2.26. The van der Waals surface area contributed by atoms with E-state index < -0.39 is 0 Å². The molecule has 19 heavy (non-hydrogen) atoms. The summed E-state index contributed by atoms with van der Waals surface area (Å²) in [6.07, 6.45) is 0.958. The van der Waals surface area contributed by atoms with Gasteiger partial charge in [-0.1, -0.05) is 45.7 Å². The van der Waals surface area contributed by atoms with E-state index in [1.807, 2.05) is 25.2 Å². The first-order valence-corrected chi connectivity index (χ1v) is 7.24. The maximum absolute atomic E-state index is 5.99. The lowest BCUT2D eigenvalue weighted by molar-refractivity contribution is 0.875. The number of anilines is 2. The maximum Gasteiger partial charge on any atom is 0.0598 e. The smallest absolute Gasteiger partial charge is 0.0598 e. The third kappa shape index (κ3) is 3.64. The van der Waals surface area contributed by atoms with Crippen molar-refractivity contribution in [1.82, 2.24) is 0 Å². The van der Waals surface area contributed by atoms with Crippen LogP contribution >= 0.6 is 27.5 Å². The van der Waals surface area contributed by atoms with Crippen molar-refractivity contribution < 1.29 is 0 Å². The predicted octanol–water partition coefficient (Wildman–Crippen LogP) is 4.36. The Labute approximate surface area is 127 Å². The van der Waals surface area contributed by atoms with Gasteiger partial charge in [-0.15, -0.1) is 0 Å². The van der Waals surface area contributed by atoms with E-state index in [-0.39, 0.29) is 0 Å². The molecule has 0 heterocycles. The molecule has 2 aromatic rings. The monoisotopic (exact) mass is 338 g/mol. The summed E-state index contributed by atoms with van der Waals surface area (Å²) in [5, 5.41) is 0.667. The molecular formula is C15H16BrClN2. The molecule has 0 bridgehead atoms. The van der Waals surface area contributed by atoms with Crippen molar-refractivity contribution in [1.29, 1.82) is 0 Å². The van der Waals surface area contributed by atoms with Gasteiger partial charge in [0.1, 0.15) is 0 Å². The van der Waals surface area contributed by atoms with Crippen molar-refractivity contribution >= 4 is 38.9 Å². The lowest BCUT2D eigenvalue weighted by Gasteiger charge is -2.21. The van der Waals surface area contributed by atoms with Gasteiger partial charge in [0, 0.05) is 23.1 Å². The molecule has 0 saturated heterocycles. The number of hydrogen-bond donors (Lipinski definition) is 1. The van der Waals surface area contributed by atoms with Crippen LogP contribution in [0.25, 0.3) is 0 Å². The lowest BCUT2D eigenvalue weighted by atomic mass is 10.1. The molecule has 0 aliphatic rings. The van der Waals surface area contributed by atoms with Crippen LogP contribution in [0.4, 0.5) is 11.4 Å². The Kier molecular flexibility index (Phi) is 4.72. The number of benzene rings is 2. The summed E-state index contributed by atoms with van der Waals surface area (Å²) in [5.41, 5.74) is 9.00. The molecule has 0 amide bonds. The molecule has 100 valence electrons. The van der Waals surface area contributed by atoms with E-state index in [9.17, 15) is 0 Å². The van der Waals surface area contributed by atoms with Crippen LogP contribution in [-0.2, 0) is 6.42 Å². The van der Waals surface area contributed by atoms with E-state index in [4.69, 9.17) is 17.3 Å². The van der Waals surface area contributed by atoms with Gasteiger partial charge in [0.15, 0.2) is 0 Å². The third-order valence-corrected chi connectivity index (χ3v) is 4.08. The first-order chi connectivity index (χ1) is 9.08. The normalized spacial score (nSPS) is 10.5. The maximum atomic E-state index is 5.99. The van der Waals surface area contributed by atoms with Crippen LogP contribution in [0.2, 0.25) is 5.02 Å². The van der Waals surface area contributed by atoms with Crippen molar-refractivity contribution in [3.05, 3.63) is 57.5 Å². The summed E-state index contributed by atoms with van der Waals surface area (Å²) in [4.78, 5) is 2.14. The highest BCUT2D eigenvalue weighted by atomic mass is 79.9. The van der Waals surface area contributed by atoms with Crippen LogP contribution in [0, 0.1) is 0 Å². The van der Waals surface area contributed by atoms with Gasteiger partial charge in [-0.2, -0.15) is 0 Å². The molecule has 0 radical (unpaired) electrons. The summed E-state index contributed by atoms with van der Waals surface area (Å²) in [6, 6.07) is 13.9. The van der Waals surface area contributed by atoms with E-state index in [1.165, 1.54) is 5.56 Å². The molecule has 2 nitrogen and oxygen atoms in total. The first-order valence-electron chi connectivity index (χ1n) is 6.07. The minimum absolute atomic E-state index is 0.667. The molecule has 0 aliphatic carbocycles. The van der Waals surface area contributed by atoms with Crippen LogP contribution in [-0.4, -0.2) is 13.6 Å². The number of rotatable bonds is 4. The standard InChI is InChI=1S/C15H16BrClN2/c1-19(15-7-6-12(17)10-14(15)18)9-8-11-4-2-3-5-13(11)16/h2-7,10H,8-9,18H2,1H3. The molecule has 4 heteroatoms. The van der Waals surface area contributed by atoms with Crippen LogP contribution < -0.4 is 10.6 Å². The third-order valence-electron chi connectivity index (χ3n) is 3.08. The summed E-state index contributed by atoms with van der Waals surface area (Å²) in [7, 11) is 2.04. The van der Waals surface area contributed by atoms with E-state index in [0.717, 1.165) is 23.1 Å². The van der Waals surface area contributed by atoms with Gasteiger partial charge >= 0.3 is 0 Å². The van der Waals surface area contributed by atoms with E-state index >= 15 is 0 Å². The quantitative estimate of drug-likeness (QED) is 0.838. The molecule has 0 fully saturated rings. The average molecular weight is 340 g/mol. The topological polar surface area (TPSA) is 29.3 Å². The van der Waals surface area contributed by atoms with Gasteiger partial charge in [-0.25, -0.2) is 0 Å². The van der Waals surface area contributed by atoms with Gasteiger partial charge < -0.3 is 10.6 Å². The molecule has 2 aromatic carbocycles. The second kappa shape index (κ2) is 6.31. The van der Waals surface area contributed by atoms with Crippen LogP contribution in [0.3, 0.4) is 0 Å². The van der Waals surface area contributed by atoms with Gasteiger partial charge in [-0.3, -0.25) is 0 Å². The molecule has 2 N–H and O–H groups in total. The Bertz CT molecular complexity index is 572. The number of halogens is 2. The number of hydrogen-bond acceptors (Lipinski definition) is 2. The Morgan fingerprint density at radius 2 is 1.95 bits per heavy atom. The largest absolute Gasteiger partial charge is 0.397 e. The van der Waals surface area contributed by atoms with Crippen molar-refractivity contribution in [3.8, 4) is 0 Å². The number of nitrogen functional groups attached to an aromatic ring is 1. The van der Waals surface area contributed by atoms with E-state index in [1.54, 1.807) is 6.07 Å². The SMILES string of the molecule is CN(CCc1ccccc1Br)c1ccc(Cl)cc1N. The highest BCUT2D eigenvalue weighted by Gasteiger charge is 2.07. The molecule has 0 saturated carbocycles. The molecule has 0 spiro atoms. The van der Waals surface area contributed by atoms with Crippen molar-refractivity contribution in [3.63, 3.8) is 0 Å². The summed E-state index contributed by atoms with van der Waals surface area (Å²) in [5.74, 6) is 0. The zero-order valence-electron chi connectivity index (χ0n) is 10.7. The van der Waals surface area contributed by atoms with Crippen molar-refractivity contribution in [2.24, 2.45) is 0 Å². The average Bonchev–Trinajstić information content (AvgIpc) is 2.37. The molecule has 0 aromatic heterocycles. The Morgan fingerprint density at radius 1 is 1.21 bits per heavy atom. The molecule has 0 aliphatic heterocycles. The zero-order valence-corrected chi connectivity index (χ0v) is 13.1. The van der Waals surface area contributed by atoms with E-state index in [2.05, 4.69) is 39.0 Å². The van der Waals surface area contributed by atoms with Gasteiger partial charge in [0.2, 0.25) is 0 Å². The number of nitrogens with zero attached hydrogens (tertiary/aromatic N) is 1. The summed E-state index contributed by atoms with van der Waals surface area (Å²) >= 11 is 9.48. The lowest BCUT2D eigenvalue weighted by Crippen LogP contribution is -2.21. The van der Waals surface area contributed by atoms with Crippen molar-refractivity contribution in [2.75, 3.05) is 24.2 Å². The predicted molar refractivity (Wildman–Crippen MR) is 87.0 cm³/mol. The molecular weight excluding hydrogens is 324 g/mol. The fourth-order valence-corrected chi connectivity index (χ4v) is 2.65. The van der Waals surface area contributed by atoms with E-state index in [0.29, 0.717) is 10.7 Å². The highest BCUT2D eigenvalue weighted by molar-refractivity contribution is 9.10. The Hall–Kier alpha value is -1.19.